The topological polar surface area (TPSA) is 169 Å². The first-order chi connectivity index (χ1) is 27.0. The van der Waals surface area contributed by atoms with Crippen LogP contribution in [0.5, 0.6) is 0 Å². The van der Waals surface area contributed by atoms with Crippen LogP contribution in [0.2, 0.25) is 0 Å². The first-order valence-corrected chi connectivity index (χ1v) is 19.2. The zero-order chi connectivity index (χ0) is 40.7. The molecule has 3 atom stereocenters. The number of benzene rings is 4. The number of aliphatic carboxylic acids is 1. The number of hydrogen-bond acceptors (Lipinski definition) is 8. The van der Waals surface area contributed by atoms with Crippen LogP contribution in [0.4, 0.5) is 21.0 Å². The quantitative estimate of drug-likeness (QED) is 0.0977. The number of amides is 3. The number of aryl methyl sites for hydroxylation is 2. The molecule has 2 fully saturated rings. The first-order valence-electron chi connectivity index (χ1n) is 18.5. The van der Waals surface area contributed by atoms with E-state index >= 15 is 0 Å². The van der Waals surface area contributed by atoms with E-state index in [0.717, 1.165) is 46.5 Å². The molecule has 3 unspecified atom stereocenters. The molecule has 3 amide bonds. The summed E-state index contributed by atoms with van der Waals surface area (Å²) < 4.78 is 19.3. The van der Waals surface area contributed by atoms with Gasteiger partial charge in [0.05, 0.1) is 11.8 Å². The Bertz CT molecular complexity index is 1810. The number of nitrogens with zero attached hydrogens (tertiary/aromatic N) is 2. The summed E-state index contributed by atoms with van der Waals surface area (Å²) in [7, 11) is 1.90. The molecule has 0 saturated carbocycles. The third-order valence-corrected chi connectivity index (χ3v) is 9.08. The molecular weight excluding hydrogens is 730 g/mol. The third kappa shape index (κ3) is 16.0. The van der Waals surface area contributed by atoms with E-state index in [-0.39, 0.29) is 37.7 Å². The third-order valence-electron chi connectivity index (χ3n) is 9.08. The Kier molecular flexibility index (Phi) is 19.8. The Morgan fingerprint density at radius 1 is 0.714 bits per heavy atom. The number of carboxylic acids is 1. The number of nitrogens with one attached hydrogen (secondary N) is 1. The van der Waals surface area contributed by atoms with Crippen molar-refractivity contribution in [1.29, 1.82) is 0 Å². The predicted molar refractivity (Wildman–Crippen MR) is 221 cm³/mol. The van der Waals surface area contributed by atoms with Crippen molar-refractivity contribution in [2.24, 2.45) is 11.8 Å². The monoisotopic (exact) mass is 782 g/mol. The average Bonchev–Trinajstić information content (AvgIpc) is 3.22. The van der Waals surface area contributed by atoms with Gasteiger partial charge in [-0.15, -0.1) is 0 Å². The van der Waals surface area contributed by atoms with Crippen molar-refractivity contribution in [2.45, 2.75) is 52.7 Å². The largest absolute Gasteiger partial charge is 0.481 e. The SMILES string of the molecule is Cc1ccccc1N.Cc1ccccc1NC(=O)C1CCCN(C(=O)OCc2ccccc2)C1.O=BP.O=C(O)C1CCCN(C(=O)OCc2ccccc2)C1. The van der Waals surface area contributed by atoms with Crippen molar-refractivity contribution >= 4 is 51.4 Å². The summed E-state index contributed by atoms with van der Waals surface area (Å²) in [6, 6.07) is 34.5. The molecule has 0 aliphatic carbocycles. The maximum absolute atomic E-state index is 12.6. The second-order valence-electron chi connectivity index (χ2n) is 13.3. The van der Waals surface area contributed by atoms with Gasteiger partial charge >= 0.3 is 38.8 Å². The van der Waals surface area contributed by atoms with Gasteiger partial charge in [0, 0.05) is 37.6 Å². The number of anilines is 2. The smallest absolute Gasteiger partial charge is 0.410 e. The molecule has 56 heavy (non-hydrogen) atoms. The van der Waals surface area contributed by atoms with Gasteiger partial charge in [0.2, 0.25) is 5.91 Å². The van der Waals surface area contributed by atoms with Gasteiger partial charge in [-0.3, -0.25) is 9.59 Å². The number of ether oxygens (including phenoxy) is 2. The maximum atomic E-state index is 12.6. The summed E-state index contributed by atoms with van der Waals surface area (Å²) in [5.74, 6) is -1.58. The van der Waals surface area contributed by atoms with E-state index < -0.39 is 18.0 Å². The number of piperidine rings is 2. The van der Waals surface area contributed by atoms with Gasteiger partial charge in [-0.1, -0.05) is 97.1 Å². The molecule has 14 heteroatoms. The number of likely N-dealkylation sites (tertiary alicyclic amines) is 2. The molecule has 0 bridgehead atoms. The Balaban J connectivity index is 0.000000243. The molecule has 4 aromatic carbocycles. The summed E-state index contributed by atoms with van der Waals surface area (Å²) in [6.07, 6.45) is 2.11. The van der Waals surface area contributed by atoms with Gasteiger partial charge in [-0.05, 0) is 73.9 Å². The predicted octanol–water partition coefficient (Wildman–Crippen LogP) is 7.51. The summed E-state index contributed by atoms with van der Waals surface area (Å²) >= 11 is 0. The van der Waals surface area contributed by atoms with Gasteiger partial charge in [-0.2, -0.15) is 0 Å². The van der Waals surface area contributed by atoms with Crippen molar-refractivity contribution in [3.05, 3.63) is 131 Å². The number of nitrogens with two attached hydrogens (primary N) is 1. The maximum Gasteiger partial charge on any atom is 0.410 e. The van der Waals surface area contributed by atoms with Crippen LogP contribution in [0, 0.1) is 25.7 Å². The minimum absolute atomic E-state index is 0.0418. The van der Waals surface area contributed by atoms with E-state index in [1.54, 1.807) is 4.90 Å². The number of carbonyl (C=O) groups excluding carboxylic acids is 3. The van der Waals surface area contributed by atoms with Gasteiger partial charge in [-0.25, -0.2) is 9.59 Å². The van der Waals surface area contributed by atoms with E-state index in [9.17, 15) is 19.2 Å². The van der Waals surface area contributed by atoms with Crippen molar-refractivity contribution in [1.82, 2.24) is 9.80 Å². The number of carboxylic acid groups (broad SMARTS) is 1. The molecular formula is C42H52BN4O8P. The molecule has 4 N–H and O–H groups in total. The molecule has 2 aliphatic rings. The zero-order valence-electron chi connectivity index (χ0n) is 32.0. The van der Waals surface area contributed by atoms with E-state index in [4.69, 9.17) is 25.0 Å². The molecule has 296 valence electrons. The van der Waals surface area contributed by atoms with Crippen LogP contribution < -0.4 is 11.1 Å². The average molecular weight is 783 g/mol. The molecule has 0 aromatic heterocycles. The Labute approximate surface area is 332 Å². The van der Waals surface area contributed by atoms with Gasteiger partial charge in [0.25, 0.3) is 0 Å². The molecule has 12 nitrogen and oxygen atoms in total. The van der Waals surface area contributed by atoms with Crippen LogP contribution >= 0.6 is 9.12 Å². The Morgan fingerprint density at radius 3 is 1.59 bits per heavy atom. The normalized spacial score (nSPS) is 15.7. The molecule has 0 radical (unpaired) electrons. The zero-order valence-corrected chi connectivity index (χ0v) is 33.2. The molecule has 0 spiro atoms. The molecule has 4 aromatic rings. The molecule has 2 heterocycles. The van der Waals surface area contributed by atoms with Gasteiger partial charge in [0.1, 0.15) is 13.2 Å². The van der Waals surface area contributed by atoms with E-state index in [0.29, 0.717) is 39.3 Å². The van der Waals surface area contributed by atoms with Crippen molar-refractivity contribution in [3.63, 3.8) is 0 Å². The summed E-state index contributed by atoms with van der Waals surface area (Å²) in [5.41, 5.74) is 11.2. The number of hydrogen-bond donors (Lipinski definition) is 3. The number of para-hydroxylation sites is 2. The summed E-state index contributed by atoms with van der Waals surface area (Å²) in [4.78, 5) is 50.8. The molecule has 2 saturated heterocycles. The van der Waals surface area contributed by atoms with Crippen molar-refractivity contribution in [3.8, 4) is 0 Å². The second-order valence-corrected chi connectivity index (χ2v) is 13.6. The molecule has 2 aliphatic heterocycles. The minimum atomic E-state index is -0.847. The second kappa shape index (κ2) is 24.8. The summed E-state index contributed by atoms with van der Waals surface area (Å²) in [6.45, 7) is 6.91. The van der Waals surface area contributed by atoms with E-state index in [1.165, 1.54) is 4.90 Å². The van der Waals surface area contributed by atoms with Crippen LogP contribution in [-0.2, 0) is 37.0 Å². The number of rotatable bonds is 7. The van der Waals surface area contributed by atoms with Gasteiger partial charge in [0.15, 0.2) is 0 Å². The van der Waals surface area contributed by atoms with Crippen LogP contribution in [0.25, 0.3) is 0 Å². The minimum Gasteiger partial charge on any atom is -0.481 e. The van der Waals surface area contributed by atoms with Crippen molar-refractivity contribution in [2.75, 3.05) is 37.2 Å². The van der Waals surface area contributed by atoms with Crippen LogP contribution in [0.1, 0.15) is 47.9 Å². The van der Waals surface area contributed by atoms with Crippen LogP contribution in [0.3, 0.4) is 0 Å². The standard InChI is InChI=1S/C21H24N2O3.C14H17NO4.C7H9N.BH2OP/c1-16-8-5-6-12-19(16)22-20(24)18-11-7-13-23(14-18)21(25)26-15-17-9-3-2-4-10-17;16-13(17)12-7-4-8-15(9-12)14(18)19-10-11-5-2-1-3-6-11;1-6-4-2-3-5-7(6)8;2-1-3/h2-6,8-10,12,18H,7,11,13-15H2,1H3,(H,22,24);1-3,5-6,12H,4,7-10H2,(H,16,17);2-5H,8H2,1H3;3H2. The van der Waals surface area contributed by atoms with E-state index in [1.807, 2.05) is 132 Å². The molecule has 6 rings (SSSR count). The Hall–Kier alpha value is -5.55. The fourth-order valence-corrected chi connectivity index (χ4v) is 5.86. The van der Waals surface area contributed by atoms with Gasteiger partial charge < -0.3 is 35.4 Å². The Morgan fingerprint density at radius 2 is 1.14 bits per heavy atom. The van der Waals surface area contributed by atoms with E-state index in [2.05, 4.69) is 5.32 Å². The van der Waals surface area contributed by atoms with Crippen molar-refractivity contribution < 1.29 is 38.5 Å². The fraction of sp³-hybridized carbons (Fsp3) is 0.333. The number of carbonyl (C=O) groups is 4. The summed E-state index contributed by atoms with van der Waals surface area (Å²) in [5, 5.41) is 11.9. The fourth-order valence-electron chi connectivity index (χ4n) is 5.86. The van der Waals surface area contributed by atoms with Crippen LogP contribution in [0.15, 0.2) is 109 Å². The number of nitrogen functional groups attached to an aromatic ring is 1. The van der Waals surface area contributed by atoms with Crippen LogP contribution in [-0.4, -0.2) is 72.0 Å². The first kappa shape index (κ1) is 44.8.